The van der Waals surface area contributed by atoms with Gasteiger partial charge in [0.15, 0.2) is 5.82 Å². The van der Waals surface area contributed by atoms with E-state index in [1.807, 2.05) is 0 Å². The first-order valence-electron chi connectivity index (χ1n) is 5.07. The molecule has 0 radical (unpaired) electrons. The van der Waals surface area contributed by atoms with Crippen LogP contribution in [0.25, 0.3) is 0 Å². The standard InChI is InChI=1S/C9H13F4N3O/c1-3-8(14,4-2)6-15-7(17-16-6)9(12,13)5(10)11/h5H,3-4,14H2,1-2H3. The Morgan fingerprint density at radius 3 is 2.24 bits per heavy atom. The molecular formula is C9H13F4N3O. The Labute approximate surface area is 95.2 Å². The maximum atomic E-state index is 12.9. The van der Waals surface area contributed by atoms with Crippen LogP contribution in [-0.4, -0.2) is 16.6 Å². The summed E-state index contributed by atoms with van der Waals surface area (Å²) in [6.07, 6.45) is -3.14. The van der Waals surface area contributed by atoms with Crippen molar-refractivity contribution in [3.63, 3.8) is 0 Å². The number of aromatic nitrogens is 2. The highest BCUT2D eigenvalue weighted by molar-refractivity contribution is 5.05. The second-order valence-corrected chi connectivity index (χ2v) is 3.71. The van der Waals surface area contributed by atoms with E-state index in [9.17, 15) is 17.6 Å². The van der Waals surface area contributed by atoms with E-state index >= 15 is 0 Å². The molecule has 0 spiro atoms. The summed E-state index contributed by atoms with van der Waals surface area (Å²) in [6, 6.07) is 0. The molecule has 0 saturated carbocycles. The Balaban J connectivity index is 3.08. The zero-order valence-electron chi connectivity index (χ0n) is 9.38. The van der Waals surface area contributed by atoms with Crippen molar-refractivity contribution in [3.05, 3.63) is 11.7 Å². The molecule has 0 bridgehead atoms. The van der Waals surface area contributed by atoms with Gasteiger partial charge in [0.1, 0.15) is 0 Å². The third kappa shape index (κ3) is 2.41. The molecule has 0 atom stereocenters. The van der Waals surface area contributed by atoms with Gasteiger partial charge >= 0.3 is 18.2 Å². The van der Waals surface area contributed by atoms with Gasteiger partial charge in [0, 0.05) is 0 Å². The number of hydrogen-bond donors (Lipinski definition) is 1. The summed E-state index contributed by atoms with van der Waals surface area (Å²) >= 11 is 0. The molecule has 8 heteroatoms. The third-order valence-electron chi connectivity index (χ3n) is 2.69. The Hall–Kier alpha value is -1.18. The van der Waals surface area contributed by atoms with E-state index in [2.05, 4.69) is 14.7 Å². The maximum absolute atomic E-state index is 12.9. The second-order valence-electron chi connectivity index (χ2n) is 3.71. The largest absolute Gasteiger partial charge is 0.383 e. The van der Waals surface area contributed by atoms with Crippen molar-refractivity contribution in [1.29, 1.82) is 0 Å². The molecule has 0 fully saturated rings. The lowest BCUT2D eigenvalue weighted by molar-refractivity contribution is -0.152. The molecule has 1 heterocycles. The first-order valence-corrected chi connectivity index (χ1v) is 5.07. The van der Waals surface area contributed by atoms with Crippen LogP contribution in [0.3, 0.4) is 0 Å². The first kappa shape index (κ1) is 13.9. The van der Waals surface area contributed by atoms with Crippen molar-refractivity contribution in [1.82, 2.24) is 10.1 Å². The van der Waals surface area contributed by atoms with Gasteiger partial charge in [-0.05, 0) is 12.8 Å². The lowest BCUT2D eigenvalue weighted by Crippen LogP contribution is -2.36. The average molecular weight is 255 g/mol. The molecule has 4 nitrogen and oxygen atoms in total. The van der Waals surface area contributed by atoms with Crippen LogP contribution >= 0.6 is 0 Å². The number of nitrogens with zero attached hydrogens (tertiary/aromatic N) is 2. The van der Waals surface area contributed by atoms with Gasteiger partial charge in [-0.2, -0.15) is 13.8 Å². The van der Waals surface area contributed by atoms with Gasteiger partial charge in [0.25, 0.3) is 0 Å². The fraction of sp³-hybridized carbons (Fsp3) is 0.778. The minimum atomic E-state index is -4.45. The van der Waals surface area contributed by atoms with Crippen LogP contribution in [0.4, 0.5) is 17.6 Å². The van der Waals surface area contributed by atoms with E-state index in [0.717, 1.165) is 0 Å². The minimum Gasteiger partial charge on any atom is -0.332 e. The van der Waals surface area contributed by atoms with Crippen LogP contribution in [0.5, 0.6) is 0 Å². The summed E-state index contributed by atoms with van der Waals surface area (Å²) in [6.45, 7) is 3.43. The lowest BCUT2D eigenvalue weighted by atomic mass is 9.93. The third-order valence-corrected chi connectivity index (χ3v) is 2.69. The van der Waals surface area contributed by atoms with Gasteiger partial charge in [-0.25, -0.2) is 8.78 Å². The molecule has 0 aromatic carbocycles. The molecule has 1 aromatic heterocycles. The van der Waals surface area contributed by atoms with Gasteiger partial charge in [0.2, 0.25) is 0 Å². The van der Waals surface area contributed by atoms with E-state index in [0.29, 0.717) is 12.8 Å². The van der Waals surface area contributed by atoms with E-state index in [1.165, 1.54) is 0 Å². The van der Waals surface area contributed by atoms with Gasteiger partial charge in [-0.1, -0.05) is 19.0 Å². The topological polar surface area (TPSA) is 64.9 Å². The average Bonchev–Trinajstić information content (AvgIpc) is 2.78. The summed E-state index contributed by atoms with van der Waals surface area (Å²) in [5.74, 6) is -6.04. The molecule has 1 aromatic rings. The Morgan fingerprint density at radius 2 is 1.82 bits per heavy atom. The quantitative estimate of drug-likeness (QED) is 0.820. The molecule has 0 aliphatic heterocycles. The molecule has 0 saturated heterocycles. The van der Waals surface area contributed by atoms with Gasteiger partial charge in [-0.3, -0.25) is 0 Å². The fourth-order valence-electron chi connectivity index (χ4n) is 1.22. The number of halogens is 4. The normalized spacial score (nSPS) is 13.4. The molecule has 0 aliphatic carbocycles. The van der Waals surface area contributed by atoms with Crippen LogP contribution in [-0.2, 0) is 11.5 Å². The van der Waals surface area contributed by atoms with Crippen molar-refractivity contribution in [2.45, 2.75) is 44.6 Å². The van der Waals surface area contributed by atoms with E-state index in [4.69, 9.17) is 5.73 Å². The molecule has 1 rings (SSSR count). The summed E-state index contributed by atoms with van der Waals surface area (Å²) in [5, 5.41) is 3.25. The van der Waals surface area contributed by atoms with E-state index < -0.39 is 23.8 Å². The predicted octanol–water partition coefficient (Wildman–Crippen LogP) is 2.40. The highest BCUT2D eigenvalue weighted by atomic mass is 19.3. The van der Waals surface area contributed by atoms with Crippen molar-refractivity contribution >= 4 is 0 Å². The molecule has 0 amide bonds. The fourth-order valence-corrected chi connectivity index (χ4v) is 1.22. The first-order chi connectivity index (χ1) is 7.78. The predicted molar refractivity (Wildman–Crippen MR) is 50.6 cm³/mol. The highest BCUT2D eigenvalue weighted by Gasteiger charge is 2.49. The molecular weight excluding hydrogens is 242 g/mol. The molecule has 0 aliphatic rings. The Bertz CT molecular complexity index is 357. The smallest absolute Gasteiger partial charge is 0.332 e. The Morgan fingerprint density at radius 1 is 1.29 bits per heavy atom. The van der Waals surface area contributed by atoms with Crippen molar-refractivity contribution in [3.8, 4) is 0 Å². The van der Waals surface area contributed by atoms with Gasteiger partial charge in [-0.15, -0.1) is 0 Å². The van der Waals surface area contributed by atoms with Crippen LogP contribution in [0.15, 0.2) is 4.52 Å². The SMILES string of the molecule is CCC(N)(CC)c1noc(C(F)(F)C(F)F)n1. The van der Waals surface area contributed by atoms with Crippen LogP contribution in [0, 0.1) is 0 Å². The lowest BCUT2D eigenvalue weighted by Gasteiger charge is -2.21. The Kier molecular flexibility index (Phi) is 3.75. The van der Waals surface area contributed by atoms with E-state index in [-0.39, 0.29) is 5.82 Å². The number of nitrogens with two attached hydrogens (primary N) is 1. The zero-order valence-corrected chi connectivity index (χ0v) is 9.38. The van der Waals surface area contributed by atoms with Crippen molar-refractivity contribution < 1.29 is 22.1 Å². The maximum Gasteiger partial charge on any atom is 0.383 e. The number of rotatable bonds is 5. The molecule has 17 heavy (non-hydrogen) atoms. The number of alkyl halides is 4. The van der Waals surface area contributed by atoms with Crippen LogP contribution in [0.1, 0.15) is 38.4 Å². The van der Waals surface area contributed by atoms with Crippen LogP contribution in [0.2, 0.25) is 0 Å². The number of hydrogen-bond acceptors (Lipinski definition) is 4. The van der Waals surface area contributed by atoms with Gasteiger partial charge in [0.05, 0.1) is 5.54 Å². The molecule has 2 N–H and O–H groups in total. The monoisotopic (exact) mass is 255 g/mol. The van der Waals surface area contributed by atoms with Crippen molar-refractivity contribution in [2.24, 2.45) is 5.73 Å². The van der Waals surface area contributed by atoms with E-state index in [1.54, 1.807) is 13.8 Å². The van der Waals surface area contributed by atoms with Gasteiger partial charge < -0.3 is 10.3 Å². The summed E-state index contributed by atoms with van der Waals surface area (Å²) in [4.78, 5) is 3.28. The summed E-state index contributed by atoms with van der Waals surface area (Å²) < 4.78 is 54.1. The summed E-state index contributed by atoms with van der Waals surface area (Å²) in [7, 11) is 0. The highest BCUT2D eigenvalue weighted by Crippen LogP contribution is 2.34. The zero-order chi connectivity index (χ0) is 13.3. The molecule has 98 valence electrons. The minimum absolute atomic E-state index is 0.183. The molecule has 0 unspecified atom stereocenters. The second kappa shape index (κ2) is 4.59. The summed E-state index contributed by atoms with van der Waals surface area (Å²) in [5.41, 5.74) is 4.79. The van der Waals surface area contributed by atoms with Crippen LogP contribution < -0.4 is 5.73 Å². The van der Waals surface area contributed by atoms with Crippen molar-refractivity contribution in [2.75, 3.05) is 0 Å².